The van der Waals surface area contributed by atoms with Crippen molar-refractivity contribution >= 4 is 47.8 Å². The molecule has 0 aliphatic heterocycles. The van der Waals surface area contributed by atoms with E-state index in [9.17, 15) is 38.4 Å². The minimum absolute atomic E-state index is 0.0345. The van der Waals surface area contributed by atoms with Crippen LogP contribution in [0.4, 0.5) is 8.78 Å². The predicted octanol–water partition coefficient (Wildman–Crippen LogP) is 12.6. The Hall–Kier alpha value is -11.1. The van der Waals surface area contributed by atoms with E-state index >= 15 is 8.78 Å². The lowest BCUT2D eigenvalue weighted by molar-refractivity contribution is -0.132. The molecule has 6 aromatic carbocycles. The van der Waals surface area contributed by atoms with E-state index in [0.717, 1.165) is 24.3 Å². The zero-order valence-electron chi connectivity index (χ0n) is 44.6. The monoisotopic (exact) mass is 1110 g/mol. The van der Waals surface area contributed by atoms with Crippen LogP contribution in [0.25, 0.3) is 44.5 Å². The van der Waals surface area contributed by atoms with E-state index in [2.05, 4.69) is 52.6 Å². The van der Waals surface area contributed by atoms with Crippen molar-refractivity contribution in [3.63, 3.8) is 0 Å². The van der Waals surface area contributed by atoms with Crippen molar-refractivity contribution in [2.45, 2.75) is 27.7 Å². The molecule has 0 heterocycles. The van der Waals surface area contributed by atoms with E-state index in [1.807, 2.05) is 0 Å². The Balaban J connectivity index is 0.000000302. The van der Waals surface area contributed by atoms with Crippen LogP contribution in [-0.4, -0.2) is 47.8 Å². The second-order valence-corrected chi connectivity index (χ2v) is 17.2. The summed E-state index contributed by atoms with van der Waals surface area (Å²) in [5.41, 5.74) is 3.12. The minimum Gasteiger partial charge on any atom is -0.419 e. The molecule has 0 aromatic heterocycles. The van der Waals surface area contributed by atoms with Gasteiger partial charge in [0.05, 0.1) is 0 Å². The van der Waals surface area contributed by atoms with E-state index in [4.69, 9.17) is 37.9 Å². The fourth-order valence-corrected chi connectivity index (χ4v) is 6.59. The molecule has 6 rings (SSSR count). The van der Waals surface area contributed by atoms with Gasteiger partial charge in [0, 0.05) is 57.7 Å². The van der Waals surface area contributed by atoms with Crippen LogP contribution in [0.15, 0.2) is 208 Å². The molecule has 0 atom stereocenters. The summed E-state index contributed by atoms with van der Waals surface area (Å²) in [6, 6.07) is 25.8. The van der Waals surface area contributed by atoms with E-state index in [1.54, 1.807) is 24.3 Å². The average Bonchev–Trinajstić information content (AvgIpc) is 3.65. The number of rotatable bonds is 20. The Kier molecular flexibility index (Phi) is 21.0. The van der Waals surface area contributed by atoms with Crippen LogP contribution in [0.2, 0.25) is 0 Å². The molecular weight excluding hydrogens is 1060 g/mol. The van der Waals surface area contributed by atoms with Gasteiger partial charge in [-0.3, -0.25) is 0 Å². The van der Waals surface area contributed by atoms with Crippen LogP contribution < -0.4 is 37.9 Å². The van der Waals surface area contributed by atoms with Crippen molar-refractivity contribution in [2.24, 2.45) is 0 Å². The van der Waals surface area contributed by atoms with Gasteiger partial charge < -0.3 is 37.9 Å². The third-order valence-corrected chi connectivity index (χ3v) is 10.7. The molecule has 0 aliphatic rings. The lowest BCUT2D eigenvalue weighted by Gasteiger charge is -2.14. The summed E-state index contributed by atoms with van der Waals surface area (Å²) in [5, 5.41) is 0. The van der Waals surface area contributed by atoms with Gasteiger partial charge in [0.25, 0.3) is 0 Å². The molecule has 0 spiro atoms. The second kappa shape index (κ2) is 28.0. The van der Waals surface area contributed by atoms with Crippen molar-refractivity contribution in [1.29, 1.82) is 0 Å². The molecule has 0 N–H and O–H groups in total. The lowest BCUT2D eigenvalue weighted by Crippen LogP contribution is -2.13. The van der Waals surface area contributed by atoms with Gasteiger partial charge in [0.2, 0.25) is 0 Å². The number of carbonyl (C=O) groups is 8. The largest absolute Gasteiger partial charge is 0.419 e. The number of benzene rings is 6. The fraction of sp³-hybridized carbons (Fsp3) is 0.0625. The molecule has 6 aromatic rings. The molecule has 0 radical (unpaired) electrons. The summed E-state index contributed by atoms with van der Waals surface area (Å²) >= 11 is 0. The second-order valence-electron chi connectivity index (χ2n) is 17.2. The maximum absolute atomic E-state index is 15.5. The van der Waals surface area contributed by atoms with Crippen molar-refractivity contribution in [3.05, 3.63) is 220 Å². The van der Waals surface area contributed by atoms with Crippen molar-refractivity contribution in [2.75, 3.05) is 0 Å². The van der Waals surface area contributed by atoms with Crippen LogP contribution in [0.5, 0.6) is 46.0 Å². The molecule has 0 bridgehead atoms. The van der Waals surface area contributed by atoms with Crippen LogP contribution in [0.1, 0.15) is 27.7 Å². The highest BCUT2D eigenvalue weighted by Gasteiger charge is 2.22. The smallest absolute Gasteiger partial charge is 0.338 e. The van der Waals surface area contributed by atoms with Gasteiger partial charge in [-0.2, -0.15) is 0 Å². The standard InChI is InChI=1S/C34H29FO8.C30H21FO8/c1-18(2)31(36)40-27-13-10-23(16-29(27)42-33(38)20(5)6)22-9-12-25(26(35)15-22)24-11-14-28(41-32(37)19(3)4)30(17-24)43-34(39)21(7)8;1-5-27(32)36-23-13-10-19(16-25(23)38-29(34)7-3)18-9-12-21(22(31)15-18)20-11-14-24(37-28(33)6-2)26(17-20)39-30(35)8-4/h9-17H,1,3,5,7H2,2,4,6,8H3;5-17H,1-4H2. The van der Waals surface area contributed by atoms with Gasteiger partial charge in [0.15, 0.2) is 46.0 Å². The highest BCUT2D eigenvalue weighted by molar-refractivity contribution is 5.94. The molecule has 416 valence electrons. The lowest BCUT2D eigenvalue weighted by atomic mass is 9.99. The minimum atomic E-state index is -0.811. The molecule has 0 fully saturated rings. The van der Waals surface area contributed by atoms with Crippen molar-refractivity contribution in [1.82, 2.24) is 0 Å². The molecular formula is C64H50F2O16. The van der Waals surface area contributed by atoms with E-state index in [1.165, 1.54) is 113 Å². The predicted molar refractivity (Wildman–Crippen MR) is 300 cm³/mol. The molecule has 82 heavy (non-hydrogen) atoms. The number of carbonyl (C=O) groups excluding carboxylic acids is 8. The maximum atomic E-state index is 15.5. The van der Waals surface area contributed by atoms with Crippen LogP contribution in [0.3, 0.4) is 0 Å². The van der Waals surface area contributed by atoms with E-state index in [-0.39, 0.29) is 79.4 Å². The maximum Gasteiger partial charge on any atom is 0.338 e. The van der Waals surface area contributed by atoms with E-state index in [0.29, 0.717) is 33.4 Å². The zero-order chi connectivity index (χ0) is 60.5. The summed E-state index contributed by atoms with van der Waals surface area (Å²) in [7, 11) is 0. The summed E-state index contributed by atoms with van der Waals surface area (Å²) in [5.74, 6) is -8.02. The quantitative estimate of drug-likeness (QED) is 0.0395. The van der Waals surface area contributed by atoms with Crippen molar-refractivity contribution < 1.29 is 85.0 Å². The first-order valence-corrected chi connectivity index (χ1v) is 23.9. The number of hydrogen-bond donors (Lipinski definition) is 0. The Morgan fingerprint density at radius 1 is 0.305 bits per heavy atom. The Labute approximate surface area is 469 Å². The van der Waals surface area contributed by atoms with Gasteiger partial charge in [0.1, 0.15) is 11.6 Å². The Morgan fingerprint density at radius 2 is 0.512 bits per heavy atom. The number of ether oxygens (including phenoxy) is 8. The van der Waals surface area contributed by atoms with Crippen molar-refractivity contribution in [3.8, 4) is 90.5 Å². The zero-order valence-corrected chi connectivity index (χ0v) is 44.6. The summed E-state index contributed by atoms with van der Waals surface area (Å²) < 4.78 is 72.6. The van der Waals surface area contributed by atoms with Gasteiger partial charge in [-0.1, -0.05) is 101 Å². The summed E-state index contributed by atoms with van der Waals surface area (Å²) in [6.45, 7) is 33.3. The molecule has 18 heteroatoms. The summed E-state index contributed by atoms with van der Waals surface area (Å²) in [4.78, 5) is 95.5. The van der Waals surface area contributed by atoms with Gasteiger partial charge in [-0.05, 0) is 122 Å². The first-order valence-electron chi connectivity index (χ1n) is 23.9. The molecule has 0 unspecified atom stereocenters. The SMILES string of the molecule is C=C(C)C(=O)Oc1ccc(-c2ccc(-c3ccc(OC(=O)C(=C)C)c(OC(=O)C(=C)C)c3)c(F)c2)cc1OC(=O)C(=C)C.C=CC(=O)Oc1ccc(-c2ccc(-c3ccc(OC(=O)C=C)c(OC(=O)C=C)c3)c(F)c2)cc1OC(=O)C=C. The number of esters is 8. The average molecular weight is 1110 g/mol. The molecule has 0 saturated carbocycles. The summed E-state index contributed by atoms with van der Waals surface area (Å²) in [6.07, 6.45) is 3.74. The van der Waals surface area contributed by atoms with Gasteiger partial charge in [-0.15, -0.1) is 0 Å². The third kappa shape index (κ3) is 16.4. The first kappa shape index (κ1) is 61.7. The highest BCUT2D eigenvalue weighted by atomic mass is 19.1. The Bertz CT molecular complexity index is 3710. The molecule has 0 saturated heterocycles. The fourth-order valence-electron chi connectivity index (χ4n) is 6.59. The first-order chi connectivity index (χ1) is 38.9. The molecule has 0 amide bonds. The third-order valence-electron chi connectivity index (χ3n) is 10.7. The topological polar surface area (TPSA) is 210 Å². The van der Waals surface area contributed by atoms with E-state index < -0.39 is 59.4 Å². The number of halogens is 2. The highest BCUT2D eigenvalue weighted by Crippen LogP contribution is 2.40. The molecule has 16 nitrogen and oxygen atoms in total. The van der Waals surface area contributed by atoms with Crippen LogP contribution in [0, 0.1) is 11.6 Å². The van der Waals surface area contributed by atoms with Gasteiger partial charge >= 0.3 is 47.8 Å². The molecule has 0 aliphatic carbocycles. The normalized spacial score (nSPS) is 10.1. The van der Waals surface area contributed by atoms with Crippen LogP contribution in [-0.2, 0) is 38.4 Å². The number of hydrogen-bond acceptors (Lipinski definition) is 16. The van der Waals surface area contributed by atoms with Gasteiger partial charge in [-0.25, -0.2) is 47.1 Å². The van der Waals surface area contributed by atoms with Crippen LogP contribution >= 0.6 is 0 Å². The Morgan fingerprint density at radius 3 is 0.780 bits per heavy atom.